The average Bonchev–Trinajstić information content (AvgIpc) is 3.32. The van der Waals surface area contributed by atoms with Crippen LogP contribution >= 0.6 is 11.8 Å². The molecule has 2 amide bonds. The number of amides is 2. The highest BCUT2D eigenvalue weighted by atomic mass is 32.2. The molecule has 0 saturated carbocycles. The number of thioether (sulfide) groups is 1. The van der Waals surface area contributed by atoms with E-state index in [0.29, 0.717) is 6.54 Å². The van der Waals surface area contributed by atoms with Gasteiger partial charge in [-0.25, -0.2) is 0 Å². The Hall–Kier alpha value is -2.81. The molecular weight excluding hydrogens is 460 g/mol. The van der Waals surface area contributed by atoms with Crippen LogP contribution in [-0.4, -0.2) is 54.5 Å². The lowest BCUT2D eigenvalue weighted by Crippen LogP contribution is -2.68. The first-order chi connectivity index (χ1) is 17.0. The molecule has 0 aliphatic carbocycles. The van der Waals surface area contributed by atoms with E-state index in [4.69, 9.17) is 4.74 Å². The van der Waals surface area contributed by atoms with Crippen LogP contribution in [0, 0.1) is 12.8 Å². The van der Waals surface area contributed by atoms with Gasteiger partial charge in [0, 0.05) is 31.1 Å². The smallest absolute Gasteiger partial charge is 0.237 e. The Morgan fingerprint density at radius 1 is 1.17 bits per heavy atom. The van der Waals surface area contributed by atoms with Crippen LogP contribution in [0.15, 0.2) is 53.9 Å². The second-order valence-corrected chi connectivity index (χ2v) is 10.4. The van der Waals surface area contributed by atoms with E-state index in [1.807, 2.05) is 24.3 Å². The van der Waals surface area contributed by atoms with Crippen molar-refractivity contribution in [2.75, 3.05) is 20.2 Å². The molecule has 0 aromatic heterocycles. The van der Waals surface area contributed by atoms with E-state index in [9.17, 15) is 9.59 Å². The number of nitrogens with one attached hydrogen (secondary N) is 3. The zero-order valence-corrected chi connectivity index (χ0v) is 20.9. The van der Waals surface area contributed by atoms with Crippen molar-refractivity contribution in [1.29, 1.82) is 0 Å². The van der Waals surface area contributed by atoms with Crippen molar-refractivity contribution in [1.82, 2.24) is 20.9 Å². The molecule has 3 heterocycles. The minimum atomic E-state index is -0.228. The third-order valence-corrected chi connectivity index (χ3v) is 8.29. The van der Waals surface area contributed by atoms with Gasteiger partial charge in [0.2, 0.25) is 11.8 Å². The molecule has 7 nitrogen and oxygen atoms in total. The molecule has 0 radical (unpaired) electrons. The molecule has 5 rings (SSSR count). The van der Waals surface area contributed by atoms with Crippen LogP contribution < -0.4 is 20.7 Å². The summed E-state index contributed by atoms with van der Waals surface area (Å²) in [5.74, 6) is 0.898. The standard InChI is InChI=1S/C27H32N4O3S/c1-17-6-5-8-19(14-17)21-16-35-24-23(21)29-27(30-26(24)33)31-12-10-18(11-13-31)25(32)28-15-20-7-3-4-9-22(20)34-2/h3-9,14,16,18,23-24,27,29H,10-13,15H2,1-2H3,(H,28,32)(H,30,33). The minimum Gasteiger partial charge on any atom is -0.496 e. The van der Waals surface area contributed by atoms with Crippen LogP contribution in [0.2, 0.25) is 0 Å². The molecular formula is C27H32N4O3S. The van der Waals surface area contributed by atoms with Crippen molar-refractivity contribution in [3.8, 4) is 5.75 Å². The highest BCUT2D eigenvalue weighted by Crippen LogP contribution is 2.39. The van der Waals surface area contributed by atoms with Gasteiger partial charge in [-0.3, -0.25) is 19.8 Å². The van der Waals surface area contributed by atoms with Gasteiger partial charge in [0.25, 0.3) is 0 Å². The van der Waals surface area contributed by atoms with Gasteiger partial charge in [0.1, 0.15) is 17.3 Å². The quantitative estimate of drug-likeness (QED) is 0.575. The van der Waals surface area contributed by atoms with E-state index in [1.165, 1.54) is 11.1 Å². The number of hydrogen-bond donors (Lipinski definition) is 3. The fraction of sp³-hybridized carbons (Fsp3) is 0.407. The maximum absolute atomic E-state index is 12.9. The Labute approximate surface area is 210 Å². The second kappa shape index (κ2) is 10.4. The summed E-state index contributed by atoms with van der Waals surface area (Å²) in [5.41, 5.74) is 4.52. The van der Waals surface area contributed by atoms with Crippen LogP contribution in [-0.2, 0) is 16.1 Å². The molecule has 3 aliphatic heterocycles. The number of methoxy groups -OCH3 is 1. The Kier molecular flexibility index (Phi) is 7.13. The van der Waals surface area contributed by atoms with Crippen LogP contribution in [0.5, 0.6) is 5.75 Å². The number of para-hydroxylation sites is 1. The maximum Gasteiger partial charge on any atom is 0.237 e. The van der Waals surface area contributed by atoms with Crippen molar-refractivity contribution >= 4 is 29.1 Å². The SMILES string of the molecule is COc1ccccc1CNC(=O)C1CCN(C2NC(=O)C3SC=C(c4cccc(C)c4)C3N2)CC1. The topological polar surface area (TPSA) is 82.7 Å². The molecule has 3 N–H and O–H groups in total. The zero-order valence-electron chi connectivity index (χ0n) is 20.1. The number of hydrogen-bond acceptors (Lipinski definition) is 6. The molecule has 3 aliphatic rings. The molecule has 0 spiro atoms. The number of aryl methyl sites for hydroxylation is 1. The molecule has 3 unspecified atom stereocenters. The largest absolute Gasteiger partial charge is 0.496 e. The number of carbonyl (C=O) groups excluding carboxylic acids is 2. The van der Waals surface area contributed by atoms with Crippen molar-refractivity contribution in [2.24, 2.45) is 5.92 Å². The van der Waals surface area contributed by atoms with E-state index in [1.54, 1.807) is 18.9 Å². The number of benzene rings is 2. The van der Waals surface area contributed by atoms with Crippen LogP contribution in [0.4, 0.5) is 0 Å². The maximum atomic E-state index is 12.9. The molecule has 2 fully saturated rings. The van der Waals surface area contributed by atoms with Gasteiger partial charge >= 0.3 is 0 Å². The van der Waals surface area contributed by atoms with Gasteiger partial charge in [0.15, 0.2) is 0 Å². The lowest BCUT2D eigenvalue weighted by molar-refractivity contribution is -0.129. The Morgan fingerprint density at radius 3 is 2.74 bits per heavy atom. The Morgan fingerprint density at radius 2 is 1.97 bits per heavy atom. The summed E-state index contributed by atoms with van der Waals surface area (Å²) in [7, 11) is 1.64. The van der Waals surface area contributed by atoms with Gasteiger partial charge in [0.05, 0.1) is 13.2 Å². The van der Waals surface area contributed by atoms with Crippen molar-refractivity contribution in [3.05, 3.63) is 70.6 Å². The normalized spacial score (nSPS) is 24.9. The number of rotatable bonds is 6. The fourth-order valence-electron chi connectivity index (χ4n) is 5.14. The zero-order chi connectivity index (χ0) is 24.4. The van der Waals surface area contributed by atoms with E-state index < -0.39 is 0 Å². The van der Waals surface area contributed by atoms with Gasteiger partial charge < -0.3 is 15.4 Å². The number of nitrogens with zero attached hydrogens (tertiary/aromatic N) is 1. The monoisotopic (exact) mass is 492 g/mol. The first-order valence-corrected chi connectivity index (χ1v) is 13.1. The summed E-state index contributed by atoms with van der Waals surface area (Å²) < 4.78 is 5.38. The van der Waals surface area contributed by atoms with Crippen LogP contribution in [0.1, 0.15) is 29.5 Å². The summed E-state index contributed by atoms with van der Waals surface area (Å²) in [6, 6.07) is 16.1. The average molecular weight is 493 g/mol. The van der Waals surface area contributed by atoms with E-state index >= 15 is 0 Å². The lowest BCUT2D eigenvalue weighted by atomic mass is 9.94. The summed E-state index contributed by atoms with van der Waals surface area (Å²) in [4.78, 5) is 28.0. The number of fused-ring (bicyclic) bond motifs is 1. The molecule has 184 valence electrons. The molecule has 3 atom stereocenters. The summed E-state index contributed by atoms with van der Waals surface area (Å²) in [5, 5.41) is 11.9. The molecule has 35 heavy (non-hydrogen) atoms. The van der Waals surface area contributed by atoms with E-state index in [-0.39, 0.29) is 35.3 Å². The van der Waals surface area contributed by atoms with E-state index in [0.717, 1.165) is 42.8 Å². The molecule has 2 saturated heterocycles. The number of likely N-dealkylation sites (tertiary alicyclic amines) is 1. The first-order valence-electron chi connectivity index (χ1n) is 12.2. The first kappa shape index (κ1) is 23.9. The molecule has 0 bridgehead atoms. The van der Waals surface area contributed by atoms with Gasteiger partial charge in [-0.15, -0.1) is 11.8 Å². The lowest BCUT2D eigenvalue weighted by Gasteiger charge is -2.43. The van der Waals surface area contributed by atoms with Gasteiger partial charge in [-0.05, 0) is 42.4 Å². The molecule has 2 aromatic carbocycles. The number of carbonyl (C=O) groups is 2. The number of piperidine rings is 1. The Bertz CT molecular complexity index is 1130. The highest BCUT2D eigenvalue weighted by molar-refractivity contribution is 8.04. The third-order valence-electron chi connectivity index (χ3n) is 7.12. The Balaban J connectivity index is 1.17. The van der Waals surface area contributed by atoms with Crippen molar-refractivity contribution < 1.29 is 14.3 Å². The van der Waals surface area contributed by atoms with Gasteiger partial charge in [-0.2, -0.15) is 0 Å². The number of ether oxygens (including phenoxy) is 1. The minimum absolute atomic E-state index is 0.0255. The van der Waals surface area contributed by atoms with Gasteiger partial charge in [-0.1, -0.05) is 48.0 Å². The third kappa shape index (κ3) is 5.10. The summed E-state index contributed by atoms with van der Waals surface area (Å²) in [6.45, 7) is 4.04. The molecule has 2 aromatic rings. The van der Waals surface area contributed by atoms with E-state index in [2.05, 4.69) is 57.4 Å². The fourth-order valence-corrected chi connectivity index (χ4v) is 6.29. The second-order valence-electron chi connectivity index (χ2n) is 9.39. The highest BCUT2D eigenvalue weighted by Gasteiger charge is 2.44. The van der Waals surface area contributed by atoms with Crippen LogP contribution in [0.25, 0.3) is 5.57 Å². The van der Waals surface area contributed by atoms with Crippen molar-refractivity contribution in [2.45, 2.75) is 43.9 Å². The predicted molar refractivity (Wildman–Crippen MR) is 139 cm³/mol. The summed E-state index contributed by atoms with van der Waals surface area (Å²) >= 11 is 1.59. The predicted octanol–water partition coefficient (Wildman–Crippen LogP) is 2.86. The van der Waals surface area contributed by atoms with Crippen LogP contribution in [0.3, 0.4) is 0 Å². The summed E-state index contributed by atoms with van der Waals surface area (Å²) in [6.07, 6.45) is 1.29. The van der Waals surface area contributed by atoms with Crippen molar-refractivity contribution in [3.63, 3.8) is 0 Å². The molecule has 8 heteroatoms.